The van der Waals surface area contributed by atoms with Gasteiger partial charge in [0.15, 0.2) is 0 Å². The molecule has 9 nitrogen and oxygen atoms in total. The highest BCUT2D eigenvalue weighted by Crippen LogP contribution is 2.14. The molecule has 0 spiro atoms. The average Bonchev–Trinajstić information content (AvgIpc) is 2.53. The van der Waals surface area contributed by atoms with E-state index in [1.54, 1.807) is 20.8 Å². The summed E-state index contributed by atoms with van der Waals surface area (Å²) in [4.78, 5) is 50.4. The monoisotopic (exact) mass is 302 g/mol. The Balaban J connectivity index is 2.54. The number of hydrogen-bond acceptors (Lipinski definition) is 7. The maximum Gasteiger partial charge on any atom is 0.408 e. The standard InChI is InChI=1S/C12H18N2O7/c1-6(13-11(19)20-12(2,3)4)10(18)21-14-8(16)5-7(15)9(14)17/h6-7,15H,5H2,1-4H3,(H,13,19)/t6-,7?/m0/s1. The molecule has 1 aliphatic heterocycles. The van der Waals surface area contributed by atoms with Gasteiger partial charge in [0.1, 0.15) is 17.7 Å². The first-order valence-electron chi connectivity index (χ1n) is 6.27. The minimum absolute atomic E-state index is 0.195. The van der Waals surface area contributed by atoms with Gasteiger partial charge in [-0.15, -0.1) is 0 Å². The zero-order valence-corrected chi connectivity index (χ0v) is 12.2. The number of nitrogens with zero attached hydrogens (tertiary/aromatic N) is 1. The van der Waals surface area contributed by atoms with Gasteiger partial charge in [-0.25, -0.2) is 9.59 Å². The third-order valence-electron chi connectivity index (χ3n) is 2.35. The fourth-order valence-electron chi connectivity index (χ4n) is 1.40. The summed E-state index contributed by atoms with van der Waals surface area (Å²) < 4.78 is 4.94. The van der Waals surface area contributed by atoms with E-state index in [1.165, 1.54) is 6.92 Å². The van der Waals surface area contributed by atoms with Gasteiger partial charge >= 0.3 is 12.1 Å². The number of aliphatic hydroxyl groups excluding tert-OH is 1. The zero-order chi connectivity index (χ0) is 16.4. The number of rotatable bonds is 3. The molecule has 21 heavy (non-hydrogen) atoms. The van der Waals surface area contributed by atoms with E-state index < -0.39 is 48.0 Å². The lowest BCUT2D eigenvalue weighted by Gasteiger charge is -2.22. The molecular formula is C12H18N2O7. The minimum Gasteiger partial charge on any atom is -0.444 e. The van der Waals surface area contributed by atoms with Crippen LogP contribution in [0.1, 0.15) is 34.1 Å². The number of amides is 3. The van der Waals surface area contributed by atoms with Crippen LogP contribution >= 0.6 is 0 Å². The topological polar surface area (TPSA) is 122 Å². The van der Waals surface area contributed by atoms with Crippen LogP contribution in [0, 0.1) is 0 Å². The number of aliphatic hydroxyl groups is 1. The number of carbonyl (C=O) groups excluding carboxylic acids is 4. The van der Waals surface area contributed by atoms with Crippen LogP contribution in [0.2, 0.25) is 0 Å². The summed E-state index contributed by atoms with van der Waals surface area (Å²) in [7, 11) is 0. The Hall–Kier alpha value is -2.16. The lowest BCUT2D eigenvalue weighted by Crippen LogP contribution is -2.45. The molecule has 9 heteroatoms. The number of hydrogen-bond donors (Lipinski definition) is 2. The van der Waals surface area contributed by atoms with E-state index in [0.29, 0.717) is 0 Å². The van der Waals surface area contributed by atoms with E-state index in [0.717, 1.165) is 0 Å². The second-order valence-corrected chi connectivity index (χ2v) is 5.52. The maximum absolute atomic E-state index is 11.7. The summed E-state index contributed by atoms with van der Waals surface area (Å²) in [6, 6.07) is -1.14. The highest BCUT2D eigenvalue weighted by atomic mass is 16.7. The molecule has 1 rings (SSSR count). The molecule has 1 aliphatic rings. The molecule has 1 heterocycles. The highest BCUT2D eigenvalue weighted by Gasteiger charge is 2.41. The van der Waals surface area contributed by atoms with Crippen LogP contribution in [0.15, 0.2) is 0 Å². The lowest BCUT2D eigenvalue weighted by molar-refractivity contribution is -0.199. The van der Waals surface area contributed by atoms with E-state index in [1.807, 2.05) is 0 Å². The number of nitrogens with one attached hydrogen (secondary N) is 1. The maximum atomic E-state index is 11.7. The molecule has 0 aliphatic carbocycles. The van der Waals surface area contributed by atoms with Crippen molar-refractivity contribution in [1.82, 2.24) is 10.4 Å². The number of ether oxygens (including phenoxy) is 1. The molecule has 0 aromatic carbocycles. The molecule has 0 bridgehead atoms. The first-order valence-corrected chi connectivity index (χ1v) is 6.27. The Labute approximate surface area is 121 Å². The summed E-state index contributed by atoms with van der Waals surface area (Å²) in [5, 5.41) is 11.6. The molecule has 2 atom stereocenters. The largest absolute Gasteiger partial charge is 0.444 e. The number of imide groups is 1. The quantitative estimate of drug-likeness (QED) is 0.672. The molecule has 1 unspecified atom stereocenters. The summed E-state index contributed by atoms with van der Waals surface area (Å²) in [6.45, 7) is 6.25. The van der Waals surface area contributed by atoms with Crippen LogP contribution in [0.25, 0.3) is 0 Å². The smallest absolute Gasteiger partial charge is 0.408 e. The molecule has 0 aromatic heterocycles. The van der Waals surface area contributed by atoms with Gasteiger partial charge in [0, 0.05) is 0 Å². The van der Waals surface area contributed by atoms with E-state index in [-0.39, 0.29) is 5.06 Å². The van der Waals surface area contributed by atoms with Crippen molar-refractivity contribution >= 4 is 23.9 Å². The van der Waals surface area contributed by atoms with Gasteiger partial charge in [0.2, 0.25) is 0 Å². The van der Waals surface area contributed by atoms with E-state index in [4.69, 9.17) is 9.84 Å². The molecule has 0 saturated carbocycles. The van der Waals surface area contributed by atoms with Crippen LogP contribution in [0.5, 0.6) is 0 Å². The van der Waals surface area contributed by atoms with Crippen molar-refractivity contribution in [2.45, 2.75) is 51.9 Å². The van der Waals surface area contributed by atoms with E-state index >= 15 is 0 Å². The Morgan fingerprint density at radius 3 is 2.38 bits per heavy atom. The molecule has 2 N–H and O–H groups in total. The Kier molecular flexibility index (Phi) is 4.89. The van der Waals surface area contributed by atoms with E-state index in [2.05, 4.69) is 10.2 Å². The van der Waals surface area contributed by atoms with Crippen molar-refractivity contribution in [2.75, 3.05) is 0 Å². The van der Waals surface area contributed by atoms with Crippen molar-refractivity contribution in [3.05, 3.63) is 0 Å². The number of carbonyl (C=O) groups is 4. The zero-order valence-electron chi connectivity index (χ0n) is 12.2. The molecule has 0 aromatic rings. The van der Waals surface area contributed by atoms with Gasteiger partial charge in [-0.1, -0.05) is 5.06 Å². The average molecular weight is 302 g/mol. The second-order valence-electron chi connectivity index (χ2n) is 5.52. The van der Waals surface area contributed by atoms with Gasteiger partial charge in [-0.2, -0.15) is 0 Å². The van der Waals surface area contributed by atoms with Gasteiger partial charge in [-0.05, 0) is 27.7 Å². The minimum atomic E-state index is -1.51. The summed E-state index contributed by atoms with van der Waals surface area (Å²) >= 11 is 0. The van der Waals surface area contributed by atoms with Crippen LogP contribution in [0.4, 0.5) is 4.79 Å². The Bertz CT molecular complexity index is 469. The van der Waals surface area contributed by atoms with Crippen LogP contribution in [-0.4, -0.2) is 51.8 Å². The summed E-state index contributed by atoms with van der Waals surface area (Å²) in [6.07, 6.45) is -2.80. The van der Waals surface area contributed by atoms with Crippen molar-refractivity contribution in [1.29, 1.82) is 0 Å². The lowest BCUT2D eigenvalue weighted by atomic mass is 10.2. The van der Waals surface area contributed by atoms with Crippen molar-refractivity contribution in [3.63, 3.8) is 0 Å². The summed E-state index contributed by atoms with van der Waals surface area (Å²) in [5.41, 5.74) is -0.737. The second kappa shape index (κ2) is 6.08. The van der Waals surface area contributed by atoms with Gasteiger partial charge in [0.05, 0.1) is 6.42 Å². The molecular weight excluding hydrogens is 284 g/mol. The SMILES string of the molecule is C[C@H](NC(=O)OC(C)(C)C)C(=O)ON1C(=O)CC(O)C1=O. The molecule has 1 fully saturated rings. The Morgan fingerprint density at radius 2 is 1.95 bits per heavy atom. The fourth-order valence-corrected chi connectivity index (χ4v) is 1.40. The molecule has 3 amide bonds. The van der Waals surface area contributed by atoms with Crippen LogP contribution < -0.4 is 5.32 Å². The van der Waals surface area contributed by atoms with E-state index in [9.17, 15) is 19.2 Å². The van der Waals surface area contributed by atoms with Crippen molar-refractivity contribution in [2.24, 2.45) is 0 Å². The van der Waals surface area contributed by atoms with Crippen molar-refractivity contribution < 1.29 is 33.9 Å². The first kappa shape index (κ1) is 16.9. The van der Waals surface area contributed by atoms with Crippen LogP contribution in [-0.2, 0) is 24.0 Å². The highest BCUT2D eigenvalue weighted by molar-refractivity contribution is 6.04. The molecule has 0 radical (unpaired) electrons. The van der Waals surface area contributed by atoms with Crippen LogP contribution in [0.3, 0.4) is 0 Å². The Morgan fingerprint density at radius 1 is 1.38 bits per heavy atom. The van der Waals surface area contributed by atoms with Gasteiger partial charge in [0.25, 0.3) is 11.8 Å². The van der Waals surface area contributed by atoms with Gasteiger partial charge < -0.3 is 20.0 Å². The number of alkyl carbamates (subject to hydrolysis) is 1. The van der Waals surface area contributed by atoms with Gasteiger partial charge in [-0.3, -0.25) is 9.59 Å². The molecule has 118 valence electrons. The normalized spacial score (nSPS) is 20.2. The molecule has 1 saturated heterocycles. The third-order valence-corrected chi connectivity index (χ3v) is 2.35. The predicted octanol–water partition coefficient (Wildman–Crippen LogP) is -0.522. The third kappa shape index (κ3) is 4.71. The number of hydroxylamine groups is 2. The first-order chi connectivity index (χ1) is 9.51. The van der Waals surface area contributed by atoms with Crippen molar-refractivity contribution in [3.8, 4) is 0 Å². The summed E-state index contributed by atoms with van der Waals surface area (Å²) in [5.74, 6) is -2.88. The fraction of sp³-hybridized carbons (Fsp3) is 0.667. The predicted molar refractivity (Wildman–Crippen MR) is 67.4 cm³/mol.